The third kappa shape index (κ3) is 4.85. The number of nitrogens with one attached hydrogen (secondary N) is 1. The van der Waals surface area contributed by atoms with E-state index >= 15 is 0 Å². The summed E-state index contributed by atoms with van der Waals surface area (Å²) in [6, 6.07) is 18.1. The fourth-order valence-electron chi connectivity index (χ4n) is 4.17. The van der Waals surface area contributed by atoms with E-state index < -0.39 is 5.25 Å². The number of rotatable bonds is 8. The van der Waals surface area contributed by atoms with Gasteiger partial charge in [0.15, 0.2) is 5.16 Å². The van der Waals surface area contributed by atoms with Crippen LogP contribution in [0.2, 0.25) is 0 Å². The maximum Gasteiger partial charge on any atom is 0.238 e. The molecule has 0 bridgehead atoms. The highest BCUT2D eigenvalue weighted by Crippen LogP contribution is 2.40. The van der Waals surface area contributed by atoms with E-state index in [2.05, 4.69) is 25.0 Å². The van der Waals surface area contributed by atoms with Gasteiger partial charge in [-0.2, -0.15) is 0 Å². The van der Waals surface area contributed by atoms with Crippen LogP contribution in [0, 0.1) is 0 Å². The molecular weight excluding hydrogens is 434 g/mol. The Bertz CT molecular complexity index is 1090. The number of nitrogens with zero attached hydrogens (tertiary/aromatic N) is 4. The number of carbonyl (C=O) groups is 1. The van der Waals surface area contributed by atoms with Crippen molar-refractivity contribution in [1.29, 1.82) is 0 Å². The minimum absolute atomic E-state index is 0.0165. The molecule has 7 nitrogen and oxygen atoms in total. The Morgan fingerprint density at radius 3 is 2.48 bits per heavy atom. The molecule has 2 heterocycles. The summed E-state index contributed by atoms with van der Waals surface area (Å²) in [5, 5.41) is 12.6. The first-order chi connectivity index (χ1) is 16.2. The molecule has 1 saturated carbocycles. The van der Waals surface area contributed by atoms with Gasteiger partial charge in [0.1, 0.15) is 11.0 Å². The zero-order valence-corrected chi connectivity index (χ0v) is 19.6. The van der Waals surface area contributed by atoms with Gasteiger partial charge in [-0.15, -0.1) is 10.2 Å². The second-order valence-electron chi connectivity index (χ2n) is 8.53. The van der Waals surface area contributed by atoms with Gasteiger partial charge in [0.25, 0.3) is 0 Å². The minimum atomic E-state index is -0.418. The highest BCUT2D eigenvalue weighted by molar-refractivity contribution is 8.00. The molecule has 3 aromatic rings. The van der Waals surface area contributed by atoms with Gasteiger partial charge in [-0.05, 0) is 49.8 Å². The summed E-state index contributed by atoms with van der Waals surface area (Å²) in [5.74, 6) is 1.56. The van der Waals surface area contributed by atoms with Gasteiger partial charge in [-0.1, -0.05) is 54.2 Å². The number of para-hydroxylation sites is 2. The van der Waals surface area contributed by atoms with Crippen LogP contribution in [0.1, 0.15) is 42.9 Å². The minimum Gasteiger partial charge on any atom is -0.495 e. The van der Waals surface area contributed by atoms with Crippen molar-refractivity contribution < 1.29 is 9.53 Å². The Kier molecular flexibility index (Phi) is 6.53. The van der Waals surface area contributed by atoms with Gasteiger partial charge in [0, 0.05) is 19.1 Å². The number of thioether (sulfide) groups is 1. The Balaban J connectivity index is 1.56. The van der Waals surface area contributed by atoms with Crippen LogP contribution in [0.3, 0.4) is 0 Å². The van der Waals surface area contributed by atoms with Crippen molar-refractivity contribution in [1.82, 2.24) is 20.1 Å². The van der Waals surface area contributed by atoms with E-state index in [1.807, 2.05) is 54.6 Å². The van der Waals surface area contributed by atoms with Crippen molar-refractivity contribution in [2.75, 3.05) is 25.1 Å². The van der Waals surface area contributed by atoms with Crippen LogP contribution in [0.25, 0.3) is 5.69 Å². The smallest absolute Gasteiger partial charge is 0.238 e. The Morgan fingerprint density at radius 1 is 1.03 bits per heavy atom. The lowest BCUT2D eigenvalue weighted by atomic mass is 10.1. The zero-order chi connectivity index (χ0) is 22.6. The molecule has 2 fully saturated rings. The maximum atomic E-state index is 13.3. The normalized spacial score (nSPS) is 16.9. The summed E-state index contributed by atoms with van der Waals surface area (Å²) in [5.41, 5.74) is 1.83. The number of anilines is 1. The Morgan fingerprint density at radius 2 is 1.76 bits per heavy atom. The molecule has 1 aliphatic heterocycles. The highest BCUT2D eigenvalue weighted by atomic mass is 32.2. The first-order valence-electron chi connectivity index (χ1n) is 11.6. The lowest BCUT2D eigenvalue weighted by Crippen LogP contribution is -2.32. The molecule has 172 valence electrons. The number of methoxy groups -OCH3 is 1. The first-order valence-corrected chi connectivity index (χ1v) is 12.5. The van der Waals surface area contributed by atoms with Crippen LogP contribution in [0.4, 0.5) is 5.95 Å². The molecule has 33 heavy (non-hydrogen) atoms. The van der Waals surface area contributed by atoms with Crippen molar-refractivity contribution in [2.45, 2.75) is 48.6 Å². The van der Waals surface area contributed by atoms with Gasteiger partial charge in [-0.25, -0.2) is 0 Å². The van der Waals surface area contributed by atoms with E-state index in [1.54, 1.807) is 7.11 Å². The van der Waals surface area contributed by atoms with Crippen LogP contribution >= 0.6 is 11.8 Å². The largest absolute Gasteiger partial charge is 0.495 e. The summed E-state index contributed by atoms with van der Waals surface area (Å²) < 4.78 is 7.73. The van der Waals surface area contributed by atoms with E-state index in [0.29, 0.717) is 11.2 Å². The second kappa shape index (κ2) is 9.87. The summed E-state index contributed by atoms with van der Waals surface area (Å²) >= 11 is 1.44. The number of carbonyl (C=O) groups excluding carboxylic acids is 1. The molecule has 1 saturated heterocycles. The summed E-state index contributed by atoms with van der Waals surface area (Å²) in [4.78, 5) is 15.5. The molecular formula is C25H29N5O2S. The van der Waals surface area contributed by atoms with E-state index in [-0.39, 0.29) is 5.91 Å². The van der Waals surface area contributed by atoms with Gasteiger partial charge >= 0.3 is 0 Å². The molecule has 1 aliphatic carbocycles. The van der Waals surface area contributed by atoms with Crippen molar-refractivity contribution in [3.8, 4) is 11.4 Å². The Hall–Kier alpha value is -3.00. The SMILES string of the molecule is COc1ccccc1-n1c(SC(C(=O)NC2CC2)c2ccccc2)nnc1N1CCCCC1. The molecule has 8 heteroatoms. The van der Waals surface area contributed by atoms with Crippen molar-refractivity contribution in [3.63, 3.8) is 0 Å². The molecule has 1 aromatic heterocycles. The molecule has 0 radical (unpaired) electrons. The predicted octanol–water partition coefficient (Wildman–Crippen LogP) is 4.38. The summed E-state index contributed by atoms with van der Waals surface area (Å²) in [6.07, 6.45) is 5.61. The number of hydrogen-bond donors (Lipinski definition) is 1. The molecule has 2 aliphatic rings. The standard InChI is InChI=1S/C25H29N5O2S/c1-32-21-13-7-6-12-20(21)30-24(29-16-8-3-9-17-29)27-28-25(30)33-22(18-10-4-2-5-11-18)23(31)26-19-14-15-19/h2,4-7,10-13,19,22H,3,8-9,14-17H2,1H3,(H,26,31). The second-order valence-corrected chi connectivity index (χ2v) is 9.60. The van der Waals surface area contributed by atoms with Crippen LogP contribution in [-0.2, 0) is 4.79 Å². The number of ether oxygens (including phenoxy) is 1. The third-order valence-electron chi connectivity index (χ3n) is 6.07. The maximum absolute atomic E-state index is 13.3. The number of hydrogen-bond acceptors (Lipinski definition) is 6. The molecule has 5 rings (SSSR count). The van der Waals surface area contributed by atoms with Crippen molar-refractivity contribution in [2.24, 2.45) is 0 Å². The van der Waals surface area contributed by atoms with Crippen LogP contribution in [-0.4, -0.2) is 46.9 Å². The van der Waals surface area contributed by atoms with Gasteiger partial charge < -0.3 is 15.0 Å². The summed E-state index contributed by atoms with van der Waals surface area (Å²) in [6.45, 7) is 1.89. The van der Waals surface area contributed by atoms with Crippen LogP contribution in [0.5, 0.6) is 5.75 Å². The topological polar surface area (TPSA) is 72.3 Å². The van der Waals surface area contributed by atoms with E-state index in [4.69, 9.17) is 4.74 Å². The number of amides is 1. The number of piperidine rings is 1. The van der Waals surface area contributed by atoms with Crippen LogP contribution in [0.15, 0.2) is 59.8 Å². The zero-order valence-electron chi connectivity index (χ0n) is 18.8. The average molecular weight is 464 g/mol. The van der Waals surface area contributed by atoms with Crippen molar-refractivity contribution in [3.05, 3.63) is 60.2 Å². The molecule has 1 unspecified atom stereocenters. The van der Waals surface area contributed by atoms with Gasteiger partial charge in [0.05, 0.1) is 12.8 Å². The van der Waals surface area contributed by atoms with E-state index in [1.165, 1.54) is 18.2 Å². The third-order valence-corrected chi connectivity index (χ3v) is 7.27. The fourth-order valence-corrected chi connectivity index (χ4v) is 5.23. The van der Waals surface area contributed by atoms with Crippen LogP contribution < -0.4 is 15.0 Å². The molecule has 1 atom stereocenters. The first kappa shape index (κ1) is 21.8. The number of benzene rings is 2. The molecule has 1 N–H and O–H groups in total. The average Bonchev–Trinajstić information content (AvgIpc) is 3.59. The fraction of sp³-hybridized carbons (Fsp3) is 0.400. The highest BCUT2D eigenvalue weighted by Gasteiger charge is 2.32. The summed E-state index contributed by atoms with van der Waals surface area (Å²) in [7, 11) is 1.67. The Labute approximate surface area is 198 Å². The molecule has 0 spiro atoms. The lowest BCUT2D eigenvalue weighted by molar-refractivity contribution is -0.120. The van der Waals surface area contributed by atoms with Crippen molar-refractivity contribution >= 4 is 23.6 Å². The molecule has 2 aromatic carbocycles. The molecule has 1 amide bonds. The van der Waals surface area contributed by atoms with E-state index in [0.717, 1.165) is 61.7 Å². The van der Waals surface area contributed by atoms with Gasteiger partial charge in [-0.3, -0.25) is 9.36 Å². The number of aromatic nitrogens is 3. The monoisotopic (exact) mass is 463 g/mol. The van der Waals surface area contributed by atoms with Gasteiger partial charge in [0.2, 0.25) is 11.9 Å². The quantitative estimate of drug-likeness (QED) is 0.500. The predicted molar refractivity (Wildman–Crippen MR) is 130 cm³/mol. The lowest BCUT2D eigenvalue weighted by Gasteiger charge is -2.28. The van der Waals surface area contributed by atoms with E-state index in [9.17, 15) is 4.79 Å².